The Kier molecular flexibility index (Phi) is 3.75. The summed E-state index contributed by atoms with van der Waals surface area (Å²) >= 11 is 3.21. The topological polar surface area (TPSA) is 67.8 Å². The number of carbonyl (C=O) groups is 1. The van der Waals surface area contributed by atoms with Gasteiger partial charge >= 0.3 is 0 Å². The van der Waals surface area contributed by atoms with Crippen LogP contribution in [0.3, 0.4) is 0 Å². The highest BCUT2D eigenvalue weighted by molar-refractivity contribution is 9.10. The summed E-state index contributed by atoms with van der Waals surface area (Å²) < 4.78 is 0. The van der Waals surface area contributed by atoms with Gasteiger partial charge in [-0.1, -0.05) is 22.9 Å². The molecule has 0 saturated carbocycles. The van der Waals surface area contributed by atoms with Gasteiger partial charge in [0.15, 0.2) is 0 Å². The first-order chi connectivity index (χ1) is 6.24. The number of nitrogens with one attached hydrogen (secondary N) is 1. The minimum absolute atomic E-state index is 0.157. The zero-order valence-corrected chi connectivity index (χ0v) is 8.65. The van der Waals surface area contributed by atoms with Crippen molar-refractivity contribution in [2.75, 3.05) is 5.32 Å². The van der Waals surface area contributed by atoms with Gasteiger partial charge in [0.25, 0.3) is 0 Å². The molecule has 0 aliphatic carbocycles. The lowest BCUT2D eigenvalue weighted by Crippen LogP contribution is -2.23. The van der Waals surface area contributed by atoms with Crippen LogP contribution in [0.2, 0.25) is 0 Å². The van der Waals surface area contributed by atoms with Gasteiger partial charge in [0.2, 0.25) is 11.9 Å². The van der Waals surface area contributed by atoms with E-state index >= 15 is 0 Å². The monoisotopic (exact) mass is 244 g/mol. The summed E-state index contributed by atoms with van der Waals surface area (Å²) in [5, 5.41) is 9.72. The summed E-state index contributed by atoms with van der Waals surface area (Å²) in [6, 6.07) is 0. The zero-order valence-electron chi connectivity index (χ0n) is 7.07. The van der Waals surface area contributed by atoms with Crippen molar-refractivity contribution in [1.82, 2.24) is 15.2 Å². The van der Waals surface area contributed by atoms with Crippen molar-refractivity contribution < 1.29 is 4.79 Å². The number of hydrogen-bond donors (Lipinski definition) is 1. The Morgan fingerprint density at radius 1 is 1.69 bits per heavy atom. The average Bonchev–Trinajstić information content (AvgIpc) is 2.18. The molecule has 6 heteroatoms. The summed E-state index contributed by atoms with van der Waals surface area (Å²) in [4.78, 5) is 14.9. The van der Waals surface area contributed by atoms with Crippen molar-refractivity contribution in [3.8, 4) is 0 Å². The van der Waals surface area contributed by atoms with E-state index < -0.39 is 0 Å². The van der Waals surface area contributed by atoms with Crippen LogP contribution >= 0.6 is 15.9 Å². The Hall–Kier alpha value is -1.04. The maximum atomic E-state index is 11.3. The van der Waals surface area contributed by atoms with E-state index in [2.05, 4.69) is 36.4 Å². The van der Waals surface area contributed by atoms with Crippen LogP contribution in [0.15, 0.2) is 12.4 Å². The molecule has 1 N–H and O–H groups in total. The minimum Gasteiger partial charge on any atom is -0.292 e. The van der Waals surface area contributed by atoms with Gasteiger partial charge in [-0.05, 0) is 6.42 Å². The van der Waals surface area contributed by atoms with E-state index in [9.17, 15) is 4.79 Å². The lowest BCUT2D eigenvalue weighted by Gasteiger charge is -2.05. The highest BCUT2D eigenvalue weighted by atomic mass is 79.9. The first kappa shape index (κ1) is 10.0. The van der Waals surface area contributed by atoms with E-state index in [4.69, 9.17) is 0 Å². The lowest BCUT2D eigenvalue weighted by atomic mass is 10.3. The molecule has 1 rings (SSSR count). The van der Waals surface area contributed by atoms with E-state index in [-0.39, 0.29) is 16.7 Å². The molecular weight excluding hydrogens is 236 g/mol. The van der Waals surface area contributed by atoms with Crippen molar-refractivity contribution >= 4 is 27.8 Å². The predicted molar refractivity (Wildman–Crippen MR) is 51.5 cm³/mol. The number of aromatic nitrogens is 3. The van der Waals surface area contributed by atoms with Gasteiger partial charge in [-0.25, -0.2) is 4.98 Å². The molecule has 0 spiro atoms. The van der Waals surface area contributed by atoms with Crippen molar-refractivity contribution in [1.29, 1.82) is 0 Å². The molecule has 0 radical (unpaired) electrons. The molecule has 1 aromatic rings. The number of alkyl halides is 1. The first-order valence-corrected chi connectivity index (χ1v) is 4.74. The molecule has 1 aromatic heterocycles. The van der Waals surface area contributed by atoms with E-state index in [1.165, 1.54) is 12.4 Å². The Morgan fingerprint density at radius 2 is 2.46 bits per heavy atom. The zero-order chi connectivity index (χ0) is 9.68. The number of anilines is 1. The van der Waals surface area contributed by atoms with Crippen LogP contribution < -0.4 is 5.32 Å². The van der Waals surface area contributed by atoms with Crippen LogP contribution in [0, 0.1) is 0 Å². The standard InChI is InChI=1S/C7H9BrN4O/c1-2-5(8)6(13)11-7-9-3-4-10-12-7/h3-5H,2H2,1H3,(H,9,11,12,13). The molecule has 0 bridgehead atoms. The van der Waals surface area contributed by atoms with E-state index in [0.717, 1.165) is 0 Å². The number of amides is 1. The normalized spacial score (nSPS) is 12.2. The smallest absolute Gasteiger partial charge is 0.249 e. The number of carbonyl (C=O) groups excluding carboxylic acids is 1. The third kappa shape index (κ3) is 3.06. The van der Waals surface area contributed by atoms with Gasteiger partial charge in [0.1, 0.15) is 0 Å². The van der Waals surface area contributed by atoms with Crippen LogP contribution in [-0.4, -0.2) is 25.9 Å². The first-order valence-electron chi connectivity index (χ1n) is 3.82. The molecule has 0 saturated heterocycles. The molecular formula is C7H9BrN4O. The fourth-order valence-corrected chi connectivity index (χ4v) is 0.793. The largest absolute Gasteiger partial charge is 0.292 e. The van der Waals surface area contributed by atoms with E-state index in [1.54, 1.807) is 0 Å². The van der Waals surface area contributed by atoms with Crippen LogP contribution in [0.5, 0.6) is 0 Å². The van der Waals surface area contributed by atoms with Gasteiger partial charge in [-0.15, -0.1) is 5.10 Å². The number of nitrogens with zero attached hydrogens (tertiary/aromatic N) is 3. The third-order valence-electron chi connectivity index (χ3n) is 1.36. The van der Waals surface area contributed by atoms with Crippen molar-refractivity contribution in [2.24, 2.45) is 0 Å². The molecule has 5 nitrogen and oxygen atoms in total. The number of rotatable bonds is 3. The second-order valence-corrected chi connectivity index (χ2v) is 3.44. The van der Waals surface area contributed by atoms with Gasteiger partial charge in [0.05, 0.1) is 17.2 Å². The molecule has 0 aliphatic heterocycles. The summed E-state index contributed by atoms with van der Waals surface area (Å²) in [6.07, 6.45) is 3.63. The minimum atomic E-state index is -0.212. The van der Waals surface area contributed by atoms with Gasteiger partial charge in [-0.2, -0.15) is 5.10 Å². The van der Waals surface area contributed by atoms with Crippen LogP contribution in [0.25, 0.3) is 0 Å². The molecule has 1 atom stereocenters. The van der Waals surface area contributed by atoms with Gasteiger partial charge in [-0.3, -0.25) is 10.1 Å². The van der Waals surface area contributed by atoms with Crippen molar-refractivity contribution in [3.05, 3.63) is 12.4 Å². The molecule has 13 heavy (non-hydrogen) atoms. The second-order valence-electron chi connectivity index (χ2n) is 2.33. The molecule has 1 amide bonds. The SMILES string of the molecule is CCC(Br)C(=O)Nc1nccnn1. The van der Waals surface area contributed by atoms with Crippen molar-refractivity contribution in [3.63, 3.8) is 0 Å². The molecule has 1 unspecified atom stereocenters. The summed E-state index contributed by atoms with van der Waals surface area (Å²) in [7, 11) is 0. The Labute approximate surface area is 84.1 Å². The highest BCUT2D eigenvalue weighted by Crippen LogP contribution is 2.06. The van der Waals surface area contributed by atoms with Crippen LogP contribution in [0.1, 0.15) is 13.3 Å². The van der Waals surface area contributed by atoms with Gasteiger partial charge < -0.3 is 0 Å². The highest BCUT2D eigenvalue weighted by Gasteiger charge is 2.12. The Morgan fingerprint density at radius 3 is 3.00 bits per heavy atom. The number of hydrogen-bond acceptors (Lipinski definition) is 4. The van der Waals surface area contributed by atoms with Crippen molar-refractivity contribution in [2.45, 2.75) is 18.2 Å². The maximum absolute atomic E-state index is 11.3. The number of halogens is 1. The fourth-order valence-electron chi connectivity index (χ4n) is 0.679. The molecule has 0 aliphatic rings. The Bertz CT molecular complexity index is 279. The lowest BCUT2D eigenvalue weighted by molar-refractivity contribution is -0.115. The third-order valence-corrected chi connectivity index (χ3v) is 2.42. The molecule has 1 heterocycles. The van der Waals surface area contributed by atoms with E-state index in [1.807, 2.05) is 6.92 Å². The molecule has 0 aromatic carbocycles. The van der Waals surface area contributed by atoms with Gasteiger partial charge in [0, 0.05) is 0 Å². The molecule has 70 valence electrons. The quantitative estimate of drug-likeness (QED) is 0.806. The average molecular weight is 245 g/mol. The van der Waals surface area contributed by atoms with E-state index in [0.29, 0.717) is 6.42 Å². The second kappa shape index (κ2) is 4.86. The summed E-state index contributed by atoms with van der Waals surface area (Å²) in [5.41, 5.74) is 0. The predicted octanol–water partition coefficient (Wildman–Crippen LogP) is 0.984. The molecule has 0 fully saturated rings. The maximum Gasteiger partial charge on any atom is 0.249 e. The Balaban J connectivity index is 2.55. The fraction of sp³-hybridized carbons (Fsp3) is 0.429. The van der Waals surface area contributed by atoms with Crippen LogP contribution in [-0.2, 0) is 4.79 Å². The van der Waals surface area contributed by atoms with Crippen LogP contribution in [0.4, 0.5) is 5.95 Å². The summed E-state index contributed by atoms with van der Waals surface area (Å²) in [5.74, 6) is 0.0703. The summed E-state index contributed by atoms with van der Waals surface area (Å²) in [6.45, 7) is 1.91.